The smallest absolute Gasteiger partial charge is 0.326 e. The summed E-state index contributed by atoms with van der Waals surface area (Å²) in [5, 5.41) is 26.9. The first-order valence-electron chi connectivity index (χ1n) is 12.5. The second-order valence-corrected chi connectivity index (χ2v) is 9.96. The molecule has 0 bridgehead atoms. The highest BCUT2D eigenvalue weighted by molar-refractivity contribution is 5.95. The number of rotatable bonds is 14. The maximum Gasteiger partial charge on any atom is 0.326 e. The minimum absolute atomic E-state index is 0.0589. The van der Waals surface area contributed by atoms with Crippen LogP contribution in [0.2, 0.25) is 0 Å². The quantitative estimate of drug-likeness (QED) is 0.185. The van der Waals surface area contributed by atoms with Gasteiger partial charge in [0.15, 0.2) is 0 Å². The first-order valence-corrected chi connectivity index (χ1v) is 12.5. The summed E-state index contributed by atoms with van der Waals surface area (Å²) in [6.45, 7) is 6.71. The Morgan fingerprint density at radius 1 is 0.868 bits per heavy atom. The fraction of sp³-hybridized carbons (Fsp3) is 0.500. The molecule has 0 aliphatic rings. The molecule has 2 aromatic rings. The molecule has 0 saturated heterocycles. The van der Waals surface area contributed by atoms with Crippen LogP contribution >= 0.6 is 0 Å². The molecule has 0 fully saturated rings. The number of aromatic amines is 1. The van der Waals surface area contributed by atoms with Crippen LogP contribution < -0.4 is 21.7 Å². The summed E-state index contributed by atoms with van der Waals surface area (Å²) >= 11 is 0. The van der Waals surface area contributed by atoms with Gasteiger partial charge in [-0.05, 0) is 29.9 Å². The van der Waals surface area contributed by atoms with Gasteiger partial charge in [0.25, 0.3) is 0 Å². The van der Waals surface area contributed by atoms with Crippen molar-refractivity contribution in [2.45, 2.75) is 71.1 Å². The van der Waals surface area contributed by atoms with Crippen LogP contribution in [-0.2, 0) is 30.4 Å². The molecule has 1 aromatic heterocycles. The van der Waals surface area contributed by atoms with E-state index in [4.69, 9.17) is 10.8 Å². The summed E-state index contributed by atoms with van der Waals surface area (Å²) in [5.74, 6) is -5.12. The van der Waals surface area contributed by atoms with Gasteiger partial charge in [-0.15, -0.1) is 0 Å². The van der Waals surface area contributed by atoms with Crippen LogP contribution in [0.4, 0.5) is 0 Å². The third kappa shape index (κ3) is 8.30. The van der Waals surface area contributed by atoms with Crippen molar-refractivity contribution in [3.63, 3.8) is 0 Å². The van der Waals surface area contributed by atoms with Crippen molar-refractivity contribution < 1.29 is 34.2 Å². The van der Waals surface area contributed by atoms with Gasteiger partial charge < -0.3 is 36.9 Å². The fourth-order valence-electron chi connectivity index (χ4n) is 3.96. The normalized spacial score (nSPS) is 14.5. The van der Waals surface area contributed by atoms with E-state index in [0.29, 0.717) is 0 Å². The molecular weight excluding hydrogens is 494 g/mol. The van der Waals surface area contributed by atoms with Crippen LogP contribution in [-0.4, -0.2) is 69.0 Å². The minimum atomic E-state index is -1.19. The molecule has 4 atom stereocenters. The number of nitrogens with one attached hydrogen (secondary N) is 4. The van der Waals surface area contributed by atoms with Crippen LogP contribution in [0.3, 0.4) is 0 Å². The second-order valence-electron chi connectivity index (χ2n) is 9.96. The maximum absolute atomic E-state index is 13.4. The molecule has 8 N–H and O–H groups in total. The van der Waals surface area contributed by atoms with Crippen molar-refractivity contribution in [1.29, 1.82) is 0 Å². The lowest BCUT2D eigenvalue weighted by molar-refractivity contribution is -0.144. The van der Waals surface area contributed by atoms with E-state index in [1.165, 1.54) is 0 Å². The number of benzene rings is 1. The number of nitrogens with two attached hydrogens (primary N) is 1. The molecule has 0 aliphatic carbocycles. The zero-order valence-electron chi connectivity index (χ0n) is 22.0. The molecule has 3 amide bonds. The average molecular weight is 532 g/mol. The van der Waals surface area contributed by atoms with Crippen LogP contribution in [0.15, 0.2) is 30.5 Å². The van der Waals surface area contributed by atoms with E-state index in [2.05, 4.69) is 20.9 Å². The molecule has 38 heavy (non-hydrogen) atoms. The number of carbonyl (C=O) groups excluding carboxylic acids is 3. The Morgan fingerprint density at radius 3 is 2.05 bits per heavy atom. The summed E-state index contributed by atoms with van der Waals surface area (Å²) < 4.78 is 0. The molecule has 0 spiro atoms. The highest BCUT2D eigenvalue weighted by Gasteiger charge is 2.33. The maximum atomic E-state index is 13.4. The number of hydrogen-bond acceptors (Lipinski definition) is 6. The van der Waals surface area contributed by atoms with Gasteiger partial charge in [-0.25, -0.2) is 4.79 Å². The number of carboxylic acid groups (broad SMARTS) is 2. The van der Waals surface area contributed by atoms with Crippen molar-refractivity contribution in [2.75, 3.05) is 0 Å². The second kappa shape index (κ2) is 13.6. The van der Waals surface area contributed by atoms with Crippen molar-refractivity contribution in [1.82, 2.24) is 20.9 Å². The monoisotopic (exact) mass is 531 g/mol. The number of aromatic nitrogens is 1. The summed E-state index contributed by atoms with van der Waals surface area (Å²) in [6.07, 6.45) is 1.34. The van der Waals surface area contributed by atoms with Crippen molar-refractivity contribution >= 4 is 40.6 Å². The lowest BCUT2D eigenvalue weighted by Gasteiger charge is -2.28. The molecule has 0 saturated carbocycles. The number of H-pyrrole nitrogens is 1. The summed E-state index contributed by atoms with van der Waals surface area (Å²) in [6, 6.07) is 2.88. The average Bonchev–Trinajstić information content (AvgIpc) is 3.25. The predicted octanol–water partition coefficient (Wildman–Crippen LogP) is 0.754. The Kier molecular flexibility index (Phi) is 10.8. The number of carbonyl (C=O) groups is 5. The van der Waals surface area contributed by atoms with Gasteiger partial charge in [-0.3, -0.25) is 19.2 Å². The van der Waals surface area contributed by atoms with E-state index in [-0.39, 0.29) is 25.2 Å². The number of hydrogen-bond donors (Lipinski definition) is 7. The van der Waals surface area contributed by atoms with Gasteiger partial charge >= 0.3 is 11.9 Å². The molecule has 0 aliphatic heterocycles. The Hall–Kier alpha value is -3.93. The fourth-order valence-corrected chi connectivity index (χ4v) is 3.96. The molecular formula is C26H37N5O7. The molecule has 4 unspecified atom stereocenters. The van der Waals surface area contributed by atoms with E-state index in [1.54, 1.807) is 33.9 Å². The Labute approximate surface area is 220 Å². The van der Waals surface area contributed by atoms with Crippen molar-refractivity contribution in [3.8, 4) is 0 Å². The largest absolute Gasteiger partial charge is 0.481 e. The standard InChI is InChI=1S/C26H37N5O7/c1-13(2)21(25(36)31-22(14(3)4)26(37)38)30-24(35)19(29-23(34)17(27)9-10-20(32)33)11-15-12-28-18-8-6-5-7-16(15)18/h5-8,12-14,17,19,21-22,28H,9-11,27H2,1-4H3,(H,29,34)(H,30,35)(H,31,36)(H,32,33)(H,37,38). The molecule has 2 rings (SSSR count). The van der Waals surface area contributed by atoms with E-state index < -0.39 is 59.7 Å². The summed E-state index contributed by atoms with van der Waals surface area (Å²) in [4.78, 5) is 64.7. The zero-order chi connectivity index (χ0) is 28.6. The molecule has 0 radical (unpaired) electrons. The van der Waals surface area contributed by atoms with E-state index in [1.807, 2.05) is 24.3 Å². The van der Waals surface area contributed by atoms with E-state index >= 15 is 0 Å². The zero-order valence-corrected chi connectivity index (χ0v) is 22.0. The van der Waals surface area contributed by atoms with Gasteiger partial charge in [-0.1, -0.05) is 45.9 Å². The van der Waals surface area contributed by atoms with Crippen LogP contribution in [0, 0.1) is 11.8 Å². The Balaban J connectivity index is 2.28. The topological polar surface area (TPSA) is 204 Å². The number of para-hydroxylation sites is 1. The molecule has 1 heterocycles. The Bertz CT molecular complexity index is 1160. The van der Waals surface area contributed by atoms with Gasteiger partial charge in [0, 0.05) is 29.9 Å². The summed E-state index contributed by atoms with van der Waals surface area (Å²) in [7, 11) is 0. The highest BCUT2D eigenvalue weighted by Crippen LogP contribution is 2.19. The van der Waals surface area contributed by atoms with Crippen LogP contribution in [0.1, 0.15) is 46.1 Å². The van der Waals surface area contributed by atoms with E-state index in [9.17, 15) is 29.1 Å². The first-order chi connectivity index (χ1) is 17.8. The lowest BCUT2D eigenvalue weighted by atomic mass is 9.98. The Morgan fingerprint density at radius 2 is 1.47 bits per heavy atom. The number of amides is 3. The van der Waals surface area contributed by atoms with Gasteiger partial charge in [0.1, 0.15) is 18.1 Å². The SMILES string of the molecule is CC(C)C(NC(=O)C(NC(=O)C(Cc1c[nH]c2ccccc12)NC(=O)C(N)CCC(=O)O)C(C)C)C(=O)O. The molecule has 12 nitrogen and oxygen atoms in total. The number of carboxylic acids is 2. The predicted molar refractivity (Wildman–Crippen MR) is 140 cm³/mol. The van der Waals surface area contributed by atoms with Crippen molar-refractivity contribution in [3.05, 3.63) is 36.0 Å². The third-order valence-electron chi connectivity index (χ3n) is 6.22. The molecule has 208 valence electrons. The number of fused-ring (bicyclic) bond motifs is 1. The van der Waals surface area contributed by atoms with Gasteiger partial charge in [-0.2, -0.15) is 0 Å². The van der Waals surface area contributed by atoms with Gasteiger partial charge in [0.2, 0.25) is 17.7 Å². The highest BCUT2D eigenvalue weighted by atomic mass is 16.4. The molecule has 12 heteroatoms. The van der Waals surface area contributed by atoms with Crippen LogP contribution in [0.25, 0.3) is 10.9 Å². The van der Waals surface area contributed by atoms with Crippen molar-refractivity contribution in [2.24, 2.45) is 17.6 Å². The van der Waals surface area contributed by atoms with Gasteiger partial charge in [0.05, 0.1) is 6.04 Å². The summed E-state index contributed by atoms with van der Waals surface area (Å²) in [5.41, 5.74) is 7.42. The first kappa shape index (κ1) is 30.3. The lowest BCUT2D eigenvalue weighted by Crippen LogP contribution is -2.59. The van der Waals surface area contributed by atoms with Crippen LogP contribution in [0.5, 0.6) is 0 Å². The number of aliphatic carboxylic acids is 2. The van der Waals surface area contributed by atoms with E-state index in [0.717, 1.165) is 16.5 Å². The third-order valence-corrected chi connectivity index (χ3v) is 6.22. The molecule has 1 aromatic carbocycles. The minimum Gasteiger partial charge on any atom is -0.481 e.